The highest BCUT2D eigenvalue weighted by molar-refractivity contribution is 7.86. The van der Waals surface area contributed by atoms with Crippen LogP contribution in [0.2, 0.25) is 10.0 Å². The Hall–Kier alpha value is -4.70. The minimum Gasteiger partial charge on any atom is -0.451 e. The average Bonchev–Trinajstić information content (AvgIpc) is 3.02. The Morgan fingerprint density at radius 1 is 0.587 bits per heavy atom. The van der Waals surface area contributed by atoms with Gasteiger partial charge in [-0.25, -0.2) is 9.98 Å². The van der Waals surface area contributed by atoms with Gasteiger partial charge in [-0.1, -0.05) is 59.6 Å². The fraction of sp³-hybridized carbons (Fsp3) is 0. The molecule has 0 aliphatic carbocycles. The second kappa shape index (κ2) is 11.0. The van der Waals surface area contributed by atoms with E-state index in [0.29, 0.717) is 11.4 Å². The van der Waals surface area contributed by atoms with Crippen LogP contribution in [0.3, 0.4) is 0 Å². The summed E-state index contributed by atoms with van der Waals surface area (Å²) >= 11 is 13.5. The molecule has 0 saturated carbocycles. The van der Waals surface area contributed by atoms with Crippen molar-refractivity contribution in [2.75, 3.05) is 10.6 Å². The summed E-state index contributed by atoms with van der Waals surface area (Å²) in [5, 5.41) is 5.70. The molecule has 0 aromatic heterocycles. The van der Waals surface area contributed by atoms with Gasteiger partial charge in [-0.05, 0) is 36.4 Å². The van der Waals surface area contributed by atoms with Crippen molar-refractivity contribution in [3.05, 3.63) is 106 Å². The highest BCUT2D eigenvalue weighted by atomic mass is 35.5. The van der Waals surface area contributed by atoms with Crippen molar-refractivity contribution in [1.29, 1.82) is 0 Å². The number of para-hydroxylation sites is 2. The van der Waals surface area contributed by atoms with E-state index in [1.165, 1.54) is 12.1 Å². The van der Waals surface area contributed by atoms with Crippen molar-refractivity contribution >= 4 is 77.6 Å². The fourth-order valence-electron chi connectivity index (χ4n) is 4.88. The van der Waals surface area contributed by atoms with Crippen molar-refractivity contribution in [2.45, 2.75) is 9.79 Å². The van der Waals surface area contributed by atoms with Crippen molar-refractivity contribution in [3.63, 3.8) is 0 Å². The molecule has 0 amide bonds. The van der Waals surface area contributed by atoms with Gasteiger partial charge in [0.15, 0.2) is 23.0 Å². The zero-order valence-corrected chi connectivity index (χ0v) is 26.0. The smallest absolute Gasteiger partial charge is 0.296 e. The Balaban J connectivity index is 1.37. The molecule has 5 aromatic carbocycles. The van der Waals surface area contributed by atoms with Crippen LogP contribution in [0.15, 0.2) is 105 Å². The van der Waals surface area contributed by atoms with E-state index in [1.54, 1.807) is 60.7 Å². The van der Waals surface area contributed by atoms with Gasteiger partial charge in [-0.2, -0.15) is 16.8 Å². The molecule has 2 aliphatic heterocycles. The van der Waals surface area contributed by atoms with Crippen molar-refractivity contribution in [1.82, 2.24) is 0 Å². The first-order valence-corrected chi connectivity index (χ1v) is 16.8. The molecule has 2 heterocycles. The summed E-state index contributed by atoms with van der Waals surface area (Å²) in [6.07, 6.45) is 0. The Bertz CT molecular complexity index is 2270. The number of rotatable bonds is 6. The third kappa shape index (κ3) is 5.40. The first-order valence-electron chi connectivity index (χ1n) is 13.2. The van der Waals surface area contributed by atoms with Crippen LogP contribution in [0.1, 0.15) is 0 Å². The predicted molar refractivity (Wildman–Crippen MR) is 170 cm³/mol. The van der Waals surface area contributed by atoms with Gasteiger partial charge < -0.3 is 20.1 Å². The number of nitrogens with zero attached hydrogens (tertiary/aromatic N) is 2. The van der Waals surface area contributed by atoms with Crippen LogP contribution in [-0.2, 0) is 20.2 Å². The van der Waals surface area contributed by atoms with Gasteiger partial charge in [-0.15, -0.1) is 0 Å². The van der Waals surface area contributed by atoms with Crippen LogP contribution in [0.25, 0.3) is 0 Å². The second-order valence-corrected chi connectivity index (χ2v) is 13.5. The summed E-state index contributed by atoms with van der Waals surface area (Å²) < 4.78 is 81.4. The van der Waals surface area contributed by atoms with Crippen LogP contribution >= 0.6 is 23.2 Å². The predicted octanol–water partition coefficient (Wildman–Crippen LogP) is 7.09. The number of nitrogens with one attached hydrogen (secondary N) is 2. The second-order valence-electron chi connectivity index (χ2n) is 9.98. The van der Waals surface area contributed by atoms with E-state index in [1.807, 2.05) is 0 Å². The largest absolute Gasteiger partial charge is 0.451 e. The lowest BCUT2D eigenvalue weighted by molar-refractivity contribution is 0.450. The number of hydrogen-bond acceptors (Lipinski definition) is 10. The lowest BCUT2D eigenvalue weighted by Gasteiger charge is -2.22. The van der Waals surface area contributed by atoms with E-state index in [-0.39, 0.29) is 66.5 Å². The van der Waals surface area contributed by atoms with Crippen molar-refractivity contribution in [3.8, 4) is 23.0 Å². The lowest BCUT2D eigenvalue weighted by atomic mass is 10.2. The van der Waals surface area contributed by atoms with Crippen molar-refractivity contribution in [2.24, 2.45) is 9.98 Å². The fourth-order valence-corrected chi connectivity index (χ4v) is 6.69. The normalized spacial score (nSPS) is 13.0. The molecule has 0 bridgehead atoms. The molecule has 12 nitrogen and oxygen atoms in total. The molecule has 232 valence electrons. The Kier molecular flexibility index (Phi) is 7.15. The summed E-state index contributed by atoms with van der Waals surface area (Å²) in [4.78, 5) is 8.05. The summed E-state index contributed by atoms with van der Waals surface area (Å²) in [6, 6.07) is 22.2. The highest BCUT2D eigenvalue weighted by Gasteiger charge is 2.30. The molecule has 4 N–H and O–H groups in total. The number of hydrogen-bond donors (Lipinski definition) is 4. The van der Waals surface area contributed by atoms with Gasteiger partial charge in [-0.3, -0.25) is 9.11 Å². The third-order valence-electron chi connectivity index (χ3n) is 6.92. The van der Waals surface area contributed by atoms with Crippen molar-refractivity contribution < 1.29 is 35.4 Å². The van der Waals surface area contributed by atoms with E-state index in [0.717, 1.165) is 12.1 Å². The molecule has 0 unspecified atom stereocenters. The van der Waals surface area contributed by atoms with Gasteiger partial charge >= 0.3 is 0 Å². The maximum Gasteiger partial charge on any atom is 0.296 e. The Morgan fingerprint density at radius 2 is 0.957 bits per heavy atom. The zero-order chi connectivity index (χ0) is 32.4. The molecule has 7 rings (SSSR count). The van der Waals surface area contributed by atoms with Gasteiger partial charge in [0.1, 0.15) is 41.9 Å². The molecule has 16 heteroatoms. The molecular formula is C30H18Cl2N4O8S2. The summed E-state index contributed by atoms with van der Waals surface area (Å²) in [6.45, 7) is 0. The first-order chi connectivity index (χ1) is 21.9. The molecule has 0 radical (unpaired) electrons. The maximum absolute atomic E-state index is 12.3. The summed E-state index contributed by atoms with van der Waals surface area (Å²) in [5.41, 5.74) is 1.14. The van der Waals surface area contributed by atoms with Gasteiger partial charge in [0.05, 0.1) is 11.4 Å². The minimum absolute atomic E-state index is 0.00110. The molecule has 0 spiro atoms. The Morgan fingerprint density at radius 3 is 1.30 bits per heavy atom. The summed E-state index contributed by atoms with van der Waals surface area (Å²) in [7, 11) is -9.43. The monoisotopic (exact) mass is 696 g/mol. The standard InChI is InChI=1S/C30H18Cl2N4O8S2/c31-25-28-30(44-22-12-20(34-16-9-5-2-6-10-16)24(46(40,41)42)14-18(22)36-28)26(32)27-29(25)43-21-11-19(33-15-7-3-1-4-8-15)23(45(37,38)39)13-17(21)35-27/h1-14,33-34H,(H,37,38,39)(H,40,41,42). The van der Waals surface area contributed by atoms with E-state index in [9.17, 15) is 25.9 Å². The summed E-state index contributed by atoms with van der Waals surface area (Å²) in [5.74, 6) is 0.102. The van der Waals surface area contributed by atoms with Crippen LogP contribution in [0.5, 0.6) is 23.0 Å². The topological polar surface area (TPSA) is 176 Å². The van der Waals surface area contributed by atoms with E-state index < -0.39 is 30.0 Å². The van der Waals surface area contributed by atoms with E-state index in [4.69, 9.17) is 32.7 Å². The molecule has 2 aliphatic rings. The van der Waals surface area contributed by atoms with Gasteiger partial charge in [0.25, 0.3) is 20.2 Å². The quantitative estimate of drug-likeness (QED) is 0.131. The first kappa shape index (κ1) is 30.0. The average molecular weight is 698 g/mol. The number of fused-ring (bicyclic) bond motifs is 4. The van der Waals surface area contributed by atoms with E-state index in [2.05, 4.69) is 20.6 Å². The maximum atomic E-state index is 12.3. The molecule has 46 heavy (non-hydrogen) atoms. The molecule has 0 atom stereocenters. The molecule has 0 fully saturated rings. The number of benzene rings is 5. The molecule has 5 aromatic rings. The number of halogens is 2. The highest BCUT2D eigenvalue weighted by Crippen LogP contribution is 2.46. The molecule has 0 saturated heterocycles. The SMILES string of the molecule is O=S(=O)(O)c1cc2c(cc1Nc1ccccc1)Oc1c(Cl)c3c(c(Cl)c1=N2)Oc1cc(Nc2ccccc2)c(S(=O)(=O)O)cc1N=3. The molecular weight excluding hydrogens is 679 g/mol. The van der Waals surface area contributed by atoms with Crippen LogP contribution in [-0.4, -0.2) is 25.9 Å². The number of ether oxygens (including phenoxy) is 2. The lowest BCUT2D eigenvalue weighted by Crippen LogP contribution is -2.22. The van der Waals surface area contributed by atoms with E-state index >= 15 is 0 Å². The number of anilines is 4. The van der Waals surface area contributed by atoms with Crippen LogP contribution in [0.4, 0.5) is 34.1 Å². The van der Waals surface area contributed by atoms with Crippen LogP contribution < -0.4 is 30.8 Å². The Labute approximate surface area is 271 Å². The zero-order valence-electron chi connectivity index (χ0n) is 22.9. The van der Waals surface area contributed by atoms with Crippen LogP contribution in [0, 0.1) is 0 Å². The van der Waals surface area contributed by atoms with Gasteiger partial charge in [0, 0.05) is 23.5 Å². The minimum atomic E-state index is -4.71. The van der Waals surface area contributed by atoms with Gasteiger partial charge in [0.2, 0.25) is 0 Å². The third-order valence-corrected chi connectivity index (χ3v) is 9.41.